The fourth-order valence-corrected chi connectivity index (χ4v) is 7.83. The summed E-state index contributed by atoms with van der Waals surface area (Å²) in [5.74, 6) is 2.37. The Balaban J connectivity index is 1.28. The standard InChI is InChI=1S/C23H30N2O5/c1-11-17-14-8-16-22(10-24-9-13-4-5-13)15(6-7-25(14)22)23(17,29-16)30-19(11)20-18(27-3)12(2)21(26)28-20/h11,13-17,24H,4-10H2,1-3H3/b20-19-/t11-,14-,15-,16-,17+,22-,23+/m0/s1. The number of rotatable bonds is 5. The molecule has 7 heteroatoms. The minimum absolute atomic E-state index is 0.0537. The number of nitrogens with zero attached hydrogens (tertiary/aromatic N) is 1. The number of nitrogens with one attached hydrogen (secondary N) is 1. The SMILES string of the molecule is COC1=C(C)C(=O)O/C1=C1\O[C@@]23O[C@H]4C[C@@H]([C@H]2[C@@H]1C)N1CC[C@H]3[C@@]41CNCC1CC1. The normalized spacial score (nSPS) is 52.3. The van der Waals surface area contributed by atoms with Crippen LogP contribution in [-0.2, 0) is 23.7 Å². The van der Waals surface area contributed by atoms with E-state index in [2.05, 4.69) is 17.1 Å². The summed E-state index contributed by atoms with van der Waals surface area (Å²) in [4.78, 5) is 15.0. The predicted octanol–water partition coefficient (Wildman–Crippen LogP) is 1.90. The number of fused-ring (bicyclic) bond motifs is 1. The summed E-state index contributed by atoms with van der Waals surface area (Å²) in [6.45, 7) is 7.19. The van der Waals surface area contributed by atoms with Gasteiger partial charge in [0, 0.05) is 24.4 Å². The first kappa shape index (κ1) is 18.0. The molecule has 6 aliphatic heterocycles. The van der Waals surface area contributed by atoms with Gasteiger partial charge in [-0.2, -0.15) is 0 Å². The molecule has 6 fully saturated rings. The molecular formula is C23H30N2O5. The maximum Gasteiger partial charge on any atom is 0.343 e. The van der Waals surface area contributed by atoms with E-state index in [4.69, 9.17) is 18.9 Å². The van der Waals surface area contributed by atoms with Crippen LogP contribution in [0.2, 0.25) is 0 Å². The summed E-state index contributed by atoms with van der Waals surface area (Å²) in [7, 11) is 1.58. The lowest BCUT2D eigenvalue weighted by atomic mass is 9.71. The van der Waals surface area contributed by atoms with Crippen LogP contribution in [0.1, 0.15) is 39.5 Å². The van der Waals surface area contributed by atoms with Crippen molar-refractivity contribution in [1.29, 1.82) is 0 Å². The fraction of sp³-hybridized carbons (Fsp3) is 0.783. The fourth-order valence-electron chi connectivity index (χ4n) is 7.83. The molecule has 8 atom stereocenters. The molecule has 0 aromatic rings. The zero-order valence-corrected chi connectivity index (χ0v) is 17.9. The summed E-state index contributed by atoms with van der Waals surface area (Å²) in [6.07, 6.45) is 5.14. The maximum atomic E-state index is 12.2. The van der Waals surface area contributed by atoms with Gasteiger partial charge in [-0.05, 0) is 51.6 Å². The summed E-state index contributed by atoms with van der Waals surface area (Å²) in [5, 5.41) is 3.79. The summed E-state index contributed by atoms with van der Waals surface area (Å²) >= 11 is 0. The van der Waals surface area contributed by atoms with Crippen LogP contribution in [0.3, 0.4) is 0 Å². The van der Waals surface area contributed by atoms with Crippen molar-refractivity contribution in [2.24, 2.45) is 23.7 Å². The number of carbonyl (C=O) groups is 1. The number of cyclic esters (lactones) is 1. The van der Waals surface area contributed by atoms with E-state index < -0.39 is 5.79 Å². The van der Waals surface area contributed by atoms with Crippen molar-refractivity contribution in [3.63, 3.8) is 0 Å². The Bertz CT molecular complexity index is 909. The van der Waals surface area contributed by atoms with Gasteiger partial charge in [-0.1, -0.05) is 6.92 Å². The molecular weight excluding hydrogens is 384 g/mol. The second kappa shape index (κ2) is 5.61. The topological polar surface area (TPSA) is 69.3 Å². The van der Waals surface area contributed by atoms with E-state index in [0.717, 1.165) is 44.2 Å². The van der Waals surface area contributed by atoms with E-state index in [1.165, 1.54) is 12.8 Å². The molecule has 1 saturated carbocycles. The molecule has 6 heterocycles. The number of ether oxygens (including phenoxy) is 4. The average Bonchev–Trinajstić information content (AvgIpc) is 3.14. The van der Waals surface area contributed by atoms with Gasteiger partial charge in [0.15, 0.2) is 5.76 Å². The number of hydrogen-bond acceptors (Lipinski definition) is 7. The third-order valence-electron chi connectivity index (χ3n) is 9.14. The Morgan fingerprint density at radius 1 is 1.30 bits per heavy atom. The molecule has 1 unspecified atom stereocenters. The number of allylic oxidation sites excluding steroid dienone is 1. The molecule has 7 nitrogen and oxygen atoms in total. The van der Waals surface area contributed by atoms with E-state index in [-0.39, 0.29) is 29.4 Å². The Morgan fingerprint density at radius 2 is 2.13 bits per heavy atom. The van der Waals surface area contributed by atoms with E-state index in [1.807, 2.05) is 0 Å². The Kier molecular flexibility index (Phi) is 3.38. The molecule has 0 aromatic heterocycles. The van der Waals surface area contributed by atoms with Gasteiger partial charge in [-0.15, -0.1) is 0 Å². The molecule has 7 rings (SSSR count). The summed E-state index contributed by atoms with van der Waals surface area (Å²) < 4.78 is 24.8. The third-order valence-corrected chi connectivity index (χ3v) is 9.14. The highest BCUT2D eigenvalue weighted by Crippen LogP contribution is 2.72. The van der Waals surface area contributed by atoms with Gasteiger partial charge in [-0.3, -0.25) is 4.90 Å². The Morgan fingerprint density at radius 3 is 2.90 bits per heavy atom. The van der Waals surface area contributed by atoms with Crippen molar-refractivity contribution in [3.8, 4) is 0 Å². The quantitative estimate of drug-likeness (QED) is 0.689. The number of piperidine rings is 1. The summed E-state index contributed by atoms with van der Waals surface area (Å²) in [6, 6.07) is 0.464. The first-order valence-electron chi connectivity index (χ1n) is 11.6. The van der Waals surface area contributed by atoms with Crippen LogP contribution < -0.4 is 5.32 Å². The highest BCUT2D eigenvalue weighted by Gasteiger charge is 2.84. The summed E-state index contributed by atoms with van der Waals surface area (Å²) in [5.41, 5.74) is 0.557. The monoisotopic (exact) mass is 414 g/mol. The van der Waals surface area contributed by atoms with E-state index in [9.17, 15) is 4.79 Å². The lowest BCUT2D eigenvalue weighted by molar-refractivity contribution is -0.255. The maximum absolute atomic E-state index is 12.2. The van der Waals surface area contributed by atoms with Crippen LogP contribution in [0.15, 0.2) is 22.9 Å². The van der Waals surface area contributed by atoms with Crippen LogP contribution in [0.4, 0.5) is 0 Å². The van der Waals surface area contributed by atoms with Crippen molar-refractivity contribution >= 4 is 5.97 Å². The highest BCUT2D eigenvalue weighted by molar-refractivity contribution is 5.93. The van der Waals surface area contributed by atoms with E-state index in [0.29, 0.717) is 29.1 Å². The predicted molar refractivity (Wildman–Crippen MR) is 106 cm³/mol. The van der Waals surface area contributed by atoms with E-state index >= 15 is 0 Å². The van der Waals surface area contributed by atoms with Crippen LogP contribution in [0.25, 0.3) is 0 Å². The largest absolute Gasteiger partial charge is 0.492 e. The zero-order valence-electron chi connectivity index (χ0n) is 17.9. The second-order valence-electron chi connectivity index (χ2n) is 10.4. The van der Waals surface area contributed by atoms with E-state index in [1.54, 1.807) is 14.0 Å². The molecule has 7 aliphatic rings. The average molecular weight is 415 g/mol. The third kappa shape index (κ3) is 1.88. The van der Waals surface area contributed by atoms with Crippen LogP contribution in [-0.4, -0.2) is 61.1 Å². The first-order valence-corrected chi connectivity index (χ1v) is 11.6. The van der Waals surface area contributed by atoms with Gasteiger partial charge in [0.25, 0.3) is 0 Å². The van der Waals surface area contributed by atoms with Gasteiger partial charge in [0.05, 0.1) is 30.2 Å². The molecule has 5 saturated heterocycles. The zero-order chi connectivity index (χ0) is 20.4. The second-order valence-corrected chi connectivity index (χ2v) is 10.4. The number of carbonyl (C=O) groups excluding carboxylic acids is 1. The molecule has 0 aromatic carbocycles. The Hall–Kier alpha value is -1.57. The minimum Gasteiger partial charge on any atom is -0.492 e. The molecule has 1 spiro atoms. The van der Waals surface area contributed by atoms with Crippen LogP contribution in [0.5, 0.6) is 0 Å². The smallest absolute Gasteiger partial charge is 0.343 e. The van der Waals surface area contributed by atoms with Gasteiger partial charge < -0.3 is 24.3 Å². The molecule has 5 bridgehead atoms. The van der Waals surface area contributed by atoms with Gasteiger partial charge in [0.1, 0.15) is 5.76 Å². The molecule has 1 N–H and O–H groups in total. The molecule has 30 heavy (non-hydrogen) atoms. The van der Waals surface area contributed by atoms with Gasteiger partial charge >= 0.3 is 5.97 Å². The van der Waals surface area contributed by atoms with Crippen molar-refractivity contribution in [2.45, 2.75) is 63.0 Å². The lowest BCUT2D eigenvalue weighted by Gasteiger charge is -2.48. The number of methoxy groups -OCH3 is 1. The van der Waals surface area contributed by atoms with Crippen LogP contribution >= 0.6 is 0 Å². The lowest BCUT2D eigenvalue weighted by Crippen LogP contribution is -2.64. The van der Waals surface area contributed by atoms with Crippen LogP contribution in [0, 0.1) is 23.7 Å². The van der Waals surface area contributed by atoms with Crippen molar-refractivity contribution < 1.29 is 23.7 Å². The molecule has 162 valence electrons. The molecule has 0 radical (unpaired) electrons. The van der Waals surface area contributed by atoms with Crippen molar-refractivity contribution in [1.82, 2.24) is 10.2 Å². The van der Waals surface area contributed by atoms with Crippen molar-refractivity contribution in [3.05, 3.63) is 22.9 Å². The number of esters is 1. The Labute approximate surface area is 176 Å². The number of hydrogen-bond donors (Lipinski definition) is 1. The first-order chi connectivity index (χ1) is 14.5. The molecule has 1 aliphatic carbocycles. The van der Waals surface area contributed by atoms with Gasteiger partial charge in [-0.25, -0.2) is 4.79 Å². The molecule has 0 amide bonds. The minimum atomic E-state index is -0.592. The highest BCUT2D eigenvalue weighted by atomic mass is 16.7. The van der Waals surface area contributed by atoms with Crippen molar-refractivity contribution in [2.75, 3.05) is 26.7 Å². The van der Waals surface area contributed by atoms with Gasteiger partial charge in [0.2, 0.25) is 11.5 Å².